The fourth-order valence-electron chi connectivity index (χ4n) is 2.45. The summed E-state index contributed by atoms with van der Waals surface area (Å²) in [6, 6.07) is 5.55. The highest BCUT2D eigenvalue weighted by atomic mass is 32.2. The second-order valence-electron chi connectivity index (χ2n) is 7.77. The van der Waals surface area contributed by atoms with E-state index in [0.29, 0.717) is 11.4 Å². The zero-order chi connectivity index (χ0) is 22.0. The standard InChI is InChI=1S/C19H26N4O5S/c1-11-16(13(3)28-22-11)29(26,27)23-12(2)17(24)20-14-8-7-9-15(10-14)21-18(25)19(4,5)6/h7-10,12,23H,1-6H3,(H,20,24)(H,21,25)/t12-/m0/s1. The lowest BCUT2D eigenvalue weighted by Crippen LogP contribution is -2.41. The number of rotatable bonds is 6. The van der Waals surface area contributed by atoms with Crippen molar-refractivity contribution < 1.29 is 22.5 Å². The van der Waals surface area contributed by atoms with Crippen molar-refractivity contribution in [3.63, 3.8) is 0 Å². The maximum Gasteiger partial charge on any atom is 0.246 e. The summed E-state index contributed by atoms with van der Waals surface area (Å²) in [5.74, 6) is -0.578. The molecule has 0 fully saturated rings. The Balaban J connectivity index is 2.08. The van der Waals surface area contributed by atoms with Crippen LogP contribution in [0.5, 0.6) is 0 Å². The molecule has 9 nitrogen and oxygen atoms in total. The summed E-state index contributed by atoms with van der Waals surface area (Å²) in [5.41, 5.74) is 0.589. The van der Waals surface area contributed by atoms with Gasteiger partial charge in [-0.3, -0.25) is 9.59 Å². The number of aryl methyl sites for hydroxylation is 2. The van der Waals surface area contributed by atoms with Crippen molar-refractivity contribution in [2.75, 3.05) is 10.6 Å². The molecule has 2 rings (SSSR count). The minimum Gasteiger partial charge on any atom is -0.360 e. The summed E-state index contributed by atoms with van der Waals surface area (Å²) in [7, 11) is -3.98. The molecule has 29 heavy (non-hydrogen) atoms. The minimum absolute atomic E-state index is 0.0796. The summed E-state index contributed by atoms with van der Waals surface area (Å²) in [4.78, 5) is 24.5. The first-order valence-electron chi connectivity index (χ1n) is 8.99. The third-order valence-electron chi connectivity index (χ3n) is 4.03. The Hall–Kier alpha value is -2.72. The number of nitrogens with zero attached hydrogens (tertiary/aromatic N) is 1. The van der Waals surface area contributed by atoms with Crippen molar-refractivity contribution in [3.8, 4) is 0 Å². The zero-order valence-corrected chi connectivity index (χ0v) is 18.1. The molecular formula is C19H26N4O5S. The molecule has 1 heterocycles. The molecule has 0 bridgehead atoms. The van der Waals surface area contributed by atoms with E-state index in [4.69, 9.17) is 4.52 Å². The highest BCUT2D eigenvalue weighted by Gasteiger charge is 2.28. The summed E-state index contributed by atoms with van der Waals surface area (Å²) >= 11 is 0. The first kappa shape index (κ1) is 22.6. The molecule has 158 valence electrons. The maximum absolute atomic E-state index is 12.5. The number of amides is 2. The Morgan fingerprint density at radius 2 is 1.69 bits per heavy atom. The van der Waals surface area contributed by atoms with Gasteiger partial charge in [0.2, 0.25) is 21.8 Å². The molecule has 3 N–H and O–H groups in total. The minimum atomic E-state index is -3.98. The van der Waals surface area contributed by atoms with Crippen molar-refractivity contribution in [2.24, 2.45) is 5.41 Å². The number of hydrogen-bond acceptors (Lipinski definition) is 6. The van der Waals surface area contributed by atoms with E-state index in [2.05, 4.69) is 20.5 Å². The van der Waals surface area contributed by atoms with E-state index in [9.17, 15) is 18.0 Å². The van der Waals surface area contributed by atoms with Gasteiger partial charge in [-0.05, 0) is 39.0 Å². The second-order valence-corrected chi connectivity index (χ2v) is 9.42. The van der Waals surface area contributed by atoms with Crippen LogP contribution in [0.3, 0.4) is 0 Å². The number of nitrogens with one attached hydrogen (secondary N) is 3. The lowest BCUT2D eigenvalue weighted by molar-refractivity contribution is -0.123. The largest absolute Gasteiger partial charge is 0.360 e. The molecule has 0 saturated heterocycles. The Bertz CT molecular complexity index is 1000. The summed E-state index contributed by atoms with van der Waals surface area (Å²) in [5, 5.41) is 9.03. The van der Waals surface area contributed by atoms with E-state index < -0.39 is 27.4 Å². The number of benzene rings is 1. The molecule has 0 unspecified atom stereocenters. The molecule has 2 amide bonds. The summed E-state index contributed by atoms with van der Waals surface area (Å²) in [6.45, 7) is 9.79. The first-order valence-corrected chi connectivity index (χ1v) is 10.5. The van der Waals surface area contributed by atoms with Crippen LogP contribution in [0.15, 0.2) is 33.7 Å². The van der Waals surface area contributed by atoms with E-state index >= 15 is 0 Å². The monoisotopic (exact) mass is 422 g/mol. The Morgan fingerprint density at radius 1 is 1.10 bits per heavy atom. The van der Waals surface area contributed by atoms with Gasteiger partial charge in [0.15, 0.2) is 5.76 Å². The van der Waals surface area contributed by atoms with E-state index in [1.54, 1.807) is 45.0 Å². The van der Waals surface area contributed by atoms with Crippen LogP contribution < -0.4 is 15.4 Å². The maximum atomic E-state index is 12.5. The van der Waals surface area contributed by atoms with Crippen LogP contribution in [0, 0.1) is 19.3 Å². The molecule has 0 radical (unpaired) electrons. The average molecular weight is 423 g/mol. The van der Waals surface area contributed by atoms with Crippen molar-refractivity contribution >= 4 is 33.2 Å². The third-order valence-corrected chi connectivity index (χ3v) is 5.82. The quantitative estimate of drug-likeness (QED) is 0.656. The molecule has 1 aromatic heterocycles. The van der Waals surface area contributed by atoms with Gasteiger partial charge in [-0.2, -0.15) is 4.72 Å². The fraction of sp³-hybridized carbons (Fsp3) is 0.421. The van der Waals surface area contributed by atoms with Gasteiger partial charge in [-0.25, -0.2) is 8.42 Å². The predicted molar refractivity (Wildman–Crippen MR) is 109 cm³/mol. The number of hydrogen-bond donors (Lipinski definition) is 3. The van der Waals surface area contributed by atoms with Crippen LogP contribution in [0.2, 0.25) is 0 Å². The Kier molecular flexibility index (Phi) is 6.49. The molecular weight excluding hydrogens is 396 g/mol. The predicted octanol–water partition coefficient (Wildman–Crippen LogP) is 2.58. The molecule has 0 aliphatic heterocycles. The van der Waals surface area contributed by atoms with Gasteiger partial charge >= 0.3 is 0 Å². The van der Waals surface area contributed by atoms with Crippen LogP contribution in [-0.2, 0) is 19.6 Å². The van der Waals surface area contributed by atoms with Crippen molar-refractivity contribution in [1.82, 2.24) is 9.88 Å². The molecule has 0 spiro atoms. The molecule has 0 saturated carbocycles. The average Bonchev–Trinajstić information content (AvgIpc) is 2.93. The van der Waals surface area contributed by atoms with Crippen molar-refractivity contribution in [2.45, 2.75) is 52.5 Å². The fourth-order valence-corrected chi connectivity index (χ4v) is 3.98. The van der Waals surface area contributed by atoms with Gasteiger partial charge in [0.25, 0.3) is 0 Å². The zero-order valence-electron chi connectivity index (χ0n) is 17.3. The smallest absolute Gasteiger partial charge is 0.246 e. The van der Waals surface area contributed by atoms with Crippen molar-refractivity contribution in [1.29, 1.82) is 0 Å². The SMILES string of the molecule is Cc1noc(C)c1S(=O)(=O)N[C@@H](C)C(=O)Nc1cccc(NC(=O)C(C)(C)C)c1. The Labute approximate surface area is 170 Å². The number of sulfonamides is 1. The molecule has 0 aliphatic carbocycles. The van der Waals surface area contributed by atoms with Crippen LogP contribution in [-0.4, -0.2) is 31.4 Å². The molecule has 2 aromatic rings. The van der Waals surface area contributed by atoms with Crippen molar-refractivity contribution in [3.05, 3.63) is 35.7 Å². The second kappa shape index (κ2) is 8.34. The van der Waals surface area contributed by atoms with E-state index in [1.807, 2.05) is 0 Å². The van der Waals surface area contributed by atoms with Gasteiger partial charge in [-0.15, -0.1) is 0 Å². The van der Waals surface area contributed by atoms with Gasteiger partial charge in [0, 0.05) is 16.8 Å². The lowest BCUT2D eigenvalue weighted by Gasteiger charge is -2.18. The van der Waals surface area contributed by atoms with Gasteiger partial charge < -0.3 is 15.2 Å². The van der Waals surface area contributed by atoms with Crippen LogP contribution in [0.25, 0.3) is 0 Å². The van der Waals surface area contributed by atoms with E-state index in [1.165, 1.54) is 20.8 Å². The van der Waals surface area contributed by atoms with Crippen LogP contribution in [0.1, 0.15) is 39.1 Å². The number of aromatic nitrogens is 1. The molecule has 1 atom stereocenters. The highest BCUT2D eigenvalue weighted by Crippen LogP contribution is 2.21. The van der Waals surface area contributed by atoms with Crippen LogP contribution in [0.4, 0.5) is 11.4 Å². The Morgan fingerprint density at radius 3 is 2.21 bits per heavy atom. The normalized spacial score (nSPS) is 13.0. The molecule has 1 aromatic carbocycles. The van der Waals surface area contributed by atoms with Gasteiger partial charge in [-0.1, -0.05) is 32.0 Å². The highest BCUT2D eigenvalue weighted by molar-refractivity contribution is 7.89. The first-order chi connectivity index (χ1) is 13.3. The van der Waals surface area contributed by atoms with Crippen LogP contribution >= 0.6 is 0 Å². The summed E-state index contributed by atoms with van der Waals surface area (Å²) in [6.07, 6.45) is 0. The van der Waals surface area contributed by atoms with E-state index in [-0.39, 0.29) is 22.3 Å². The summed E-state index contributed by atoms with van der Waals surface area (Å²) < 4.78 is 32.3. The topological polar surface area (TPSA) is 130 Å². The lowest BCUT2D eigenvalue weighted by atomic mass is 9.95. The number of carbonyl (C=O) groups excluding carboxylic acids is 2. The van der Waals surface area contributed by atoms with E-state index in [0.717, 1.165) is 0 Å². The third kappa shape index (κ3) is 5.64. The number of anilines is 2. The van der Waals surface area contributed by atoms with Gasteiger partial charge in [0.1, 0.15) is 10.6 Å². The molecule has 10 heteroatoms. The number of carbonyl (C=O) groups is 2. The van der Waals surface area contributed by atoms with Gasteiger partial charge in [0.05, 0.1) is 6.04 Å². The molecule has 0 aliphatic rings.